The molecule has 9 heteroatoms. The SMILES string of the molecule is CC(C(=O)Nc1nc(-c2ccccc2)cs1)n1nnc(-c2ccc(Cl)cc2)n1. The summed E-state index contributed by atoms with van der Waals surface area (Å²) in [4.78, 5) is 18.3. The van der Waals surface area contributed by atoms with Gasteiger partial charge in [0, 0.05) is 21.5 Å². The zero-order valence-corrected chi connectivity index (χ0v) is 16.4. The number of carbonyl (C=O) groups is 1. The van der Waals surface area contributed by atoms with Crippen LogP contribution in [0.15, 0.2) is 60.0 Å². The summed E-state index contributed by atoms with van der Waals surface area (Å²) in [5, 5.41) is 18.2. The number of tetrazole rings is 1. The van der Waals surface area contributed by atoms with Crippen molar-refractivity contribution in [2.75, 3.05) is 5.32 Å². The molecule has 4 rings (SSSR count). The molecule has 0 saturated carbocycles. The summed E-state index contributed by atoms with van der Waals surface area (Å²) in [6.07, 6.45) is 0. The van der Waals surface area contributed by atoms with Crippen molar-refractivity contribution in [2.24, 2.45) is 0 Å². The number of anilines is 1. The van der Waals surface area contributed by atoms with E-state index in [4.69, 9.17) is 11.6 Å². The second kappa shape index (κ2) is 7.87. The monoisotopic (exact) mass is 410 g/mol. The van der Waals surface area contributed by atoms with E-state index in [9.17, 15) is 4.79 Å². The number of nitrogens with zero attached hydrogens (tertiary/aromatic N) is 5. The molecule has 1 atom stereocenters. The van der Waals surface area contributed by atoms with Gasteiger partial charge in [-0.15, -0.1) is 21.5 Å². The fourth-order valence-electron chi connectivity index (χ4n) is 2.49. The highest BCUT2D eigenvalue weighted by atomic mass is 35.5. The summed E-state index contributed by atoms with van der Waals surface area (Å²) in [5.74, 6) is 0.158. The van der Waals surface area contributed by atoms with Crippen molar-refractivity contribution in [3.8, 4) is 22.6 Å². The van der Waals surface area contributed by atoms with Crippen molar-refractivity contribution in [1.29, 1.82) is 0 Å². The normalized spacial score (nSPS) is 11.9. The van der Waals surface area contributed by atoms with Crippen molar-refractivity contribution < 1.29 is 4.79 Å². The van der Waals surface area contributed by atoms with E-state index in [0.717, 1.165) is 16.8 Å². The number of benzene rings is 2. The van der Waals surface area contributed by atoms with Gasteiger partial charge in [-0.05, 0) is 36.4 Å². The molecule has 0 bridgehead atoms. The van der Waals surface area contributed by atoms with Gasteiger partial charge >= 0.3 is 0 Å². The largest absolute Gasteiger partial charge is 0.300 e. The van der Waals surface area contributed by atoms with Gasteiger partial charge in [0.05, 0.1) is 5.69 Å². The summed E-state index contributed by atoms with van der Waals surface area (Å²) in [7, 11) is 0. The Morgan fingerprint density at radius 3 is 2.61 bits per heavy atom. The highest BCUT2D eigenvalue weighted by Crippen LogP contribution is 2.25. The van der Waals surface area contributed by atoms with Gasteiger partial charge in [-0.1, -0.05) is 41.9 Å². The first-order valence-electron chi connectivity index (χ1n) is 8.47. The molecule has 1 amide bonds. The van der Waals surface area contributed by atoms with E-state index in [1.54, 1.807) is 31.2 Å². The Kier molecular flexibility index (Phi) is 5.14. The minimum Gasteiger partial charge on any atom is -0.300 e. The van der Waals surface area contributed by atoms with E-state index in [0.29, 0.717) is 16.0 Å². The molecule has 4 aromatic rings. The Morgan fingerprint density at radius 1 is 1.11 bits per heavy atom. The van der Waals surface area contributed by atoms with Crippen molar-refractivity contribution in [3.63, 3.8) is 0 Å². The molecule has 28 heavy (non-hydrogen) atoms. The highest BCUT2D eigenvalue weighted by Gasteiger charge is 2.20. The Balaban J connectivity index is 1.45. The van der Waals surface area contributed by atoms with Gasteiger partial charge in [0.25, 0.3) is 5.91 Å². The molecular formula is C19H15ClN6OS. The number of hydrogen-bond acceptors (Lipinski definition) is 6. The second-order valence-electron chi connectivity index (χ2n) is 6.01. The lowest BCUT2D eigenvalue weighted by Gasteiger charge is -2.08. The zero-order chi connectivity index (χ0) is 19.5. The van der Waals surface area contributed by atoms with E-state index in [1.807, 2.05) is 35.7 Å². The number of halogens is 1. The minimum atomic E-state index is -0.641. The first kappa shape index (κ1) is 18.3. The first-order valence-corrected chi connectivity index (χ1v) is 9.73. The lowest BCUT2D eigenvalue weighted by molar-refractivity contribution is -0.119. The molecule has 0 spiro atoms. The quantitative estimate of drug-likeness (QED) is 0.529. The maximum absolute atomic E-state index is 12.6. The Labute approximate surface area is 170 Å². The molecule has 0 aliphatic rings. The number of nitrogens with one attached hydrogen (secondary N) is 1. The maximum Gasteiger partial charge on any atom is 0.252 e. The van der Waals surface area contributed by atoms with Crippen LogP contribution in [0, 0.1) is 0 Å². The molecule has 2 aromatic heterocycles. The minimum absolute atomic E-state index is 0.269. The second-order valence-corrected chi connectivity index (χ2v) is 7.30. The van der Waals surface area contributed by atoms with Gasteiger partial charge in [0.2, 0.25) is 5.82 Å². The standard InChI is InChI=1S/C19H15ClN6OS/c1-12(26-24-17(23-25-26)14-7-9-15(20)10-8-14)18(27)22-19-21-16(11-28-19)13-5-3-2-4-6-13/h2-12H,1H3,(H,21,22,27). The Morgan fingerprint density at radius 2 is 1.86 bits per heavy atom. The number of carbonyl (C=O) groups excluding carboxylic acids is 1. The predicted octanol–water partition coefficient (Wildman–Crippen LogP) is 4.32. The molecule has 0 radical (unpaired) electrons. The van der Waals surface area contributed by atoms with E-state index in [-0.39, 0.29) is 5.91 Å². The molecule has 7 nitrogen and oxygen atoms in total. The summed E-state index contributed by atoms with van der Waals surface area (Å²) in [6, 6.07) is 16.3. The van der Waals surface area contributed by atoms with E-state index >= 15 is 0 Å². The number of rotatable bonds is 5. The summed E-state index contributed by atoms with van der Waals surface area (Å²) in [6.45, 7) is 1.70. The van der Waals surface area contributed by atoms with Crippen molar-refractivity contribution >= 4 is 34.0 Å². The zero-order valence-electron chi connectivity index (χ0n) is 14.8. The van der Waals surface area contributed by atoms with Crippen molar-refractivity contribution in [3.05, 3.63) is 65.0 Å². The third kappa shape index (κ3) is 3.92. The van der Waals surface area contributed by atoms with Crippen LogP contribution in [0.5, 0.6) is 0 Å². The van der Waals surface area contributed by atoms with Crippen molar-refractivity contribution in [2.45, 2.75) is 13.0 Å². The van der Waals surface area contributed by atoms with Crippen LogP contribution in [0.2, 0.25) is 5.02 Å². The molecule has 0 fully saturated rings. The van der Waals surface area contributed by atoms with Crippen molar-refractivity contribution in [1.82, 2.24) is 25.2 Å². The van der Waals surface area contributed by atoms with Crippen LogP contribution in [0.4, 0.5) is 5.13 Å². The van der Waals surface area contributed by atoms with E-state index < -0.39 is 6.04 Å². The average Bonchev–Trinajstić information content (AvgIpc) is 3.39. The van der Waals surface area contributed by atoms with Crippen LogP contribution in [0.1, 0.15) is 13.0 Å². The fraction of sp³-hybridized carbons (Fsp3) is 0.105. The highest BCUT2D eigenvalue weighted by molar-refractivity contribution is 7.14. The summed E-state index contributed by atoms with van der Waals surface area (Å²) >= 11 is 7.26. The van der Waals surface area contributed by atoms with Crippen LogP contribution >= 0.6 is 22.9 Å². The van der Waals surface area contributed by atoms with E-state index in [2.05, 4.69) is 25.7 Å². The lowest BCUT2D eigenvalue weighted by Crippen LogP contribution is -2.25. The van der Waals surface area contributed by atoms with E-state index in [1.165, 1.54) is 16.1 Å². The smallest absolute Gasteiger partial charge is 0.252 e. The summed E-state index contributed by atoms with van der Waals surface area (Å²) in [5.41, 5.74) is 2.59. The fourth-order valence-corrected chi connectivity index (χ4v) is 3.34. The predicted molar refractivity (Wildman–Crippen MR) is 109 cm³/mol. The molecule has 1 unspecified atom stereocenters. The van der Waals surface area contributed by atoms with Crippen LogP contribution in [0.25, 0.3) is 22.6 Å². The van der Waals surface area contributed by atoms with Gasteiger partial charge in [-0.25, -0.2) is 4.98 Å². The summed E-state index contributed by atoms with van der Waals surface area (Å²) < 4.78 is 0. The first-order chi connectivity index (χ1) is 13.6. The topological polar surface area (TPSA) is 85.6 Å². The van der Waals surface area contributed by atoms with Crippen LogP contribution in [-0.2, 0) is 4.79 Å². The maximum atomic E-state index is 12.6. The van der Waals surface area contributed by atoms with Crippen LogP contribution < -0.4 is 5.32 Å². The molecule has 2 aromatic carbocycles. The molecular weight excluding hydrogens is 396 g/mol. The van der Waals surface area contributed by atoms with Gasteiger partial charge in [0.1, 0.15) is 6.04 Å². The average molecular weight is 411 g/mol. The molecule has 0 saturated heterocycles. The molecule has 0 aliphatic heterocycles. The number of amides is 1. The number of thiazole rings is 1. The molecule has 1 N–H and O–H groups in total. The van der Waals surface area contributed by atoms with Gasteiger partial charge in [-0.2, -0.15) is 4.80 Å². The van der Waals surface area contributed by atoms with Crippen LogP contribution in [0.3, 0.4) is 0 Å². The Bertz CT molecular complexity index is 1090. The van der Waals surface area contributed by atoms with Gasteiger partial charge < -0.3 is 5.32 Å². The molecule has 0 aliphatic carbocycles. The third-order valence-electron chi connectivity index (χ3n) is 4.06. The van der Waals surface area contributed by atoms with Gasteiger partial charge in [-0.3, -0.25) is 4.79 Å². The Hall–Kier alpha value is -3.10. The number of aromatic nitrogens is 5. The third-order valence-corrected chi connectivity index (χ3v) is 5.07. The molecule has 140 valence electrons. The number of hydrogen-bond donors (Lipinski definition) is 1. The lowest BCUT2D eigenvalue weighted by atomic mass is 10.2. The van der Waals surface area contributed by atoms with Crippen LogP contribution in [-0.4, -0.2) is 31.1 Å². The van der Waals surface area contributed by atoms with Gasteiger partial charge in [0.15, 0.2) is 5.13 Å². The molecule has 2 heterocycles.